The first-order valence-electron chi connectivity index (χ1n) is 20.8. The van der Waals surface area contributed by atoms with Gasteiger partial charge in [0, 0.05) is 22.1 Å². The second-order valence-corrected chi connectivity index (χ2v) is 17.3. The maximum atomic E-state index is 9.74. The largest absolute Gasteiger partial charge is 0.228 e. The van der Waals surface area contributed by atoms with Gasteiger partial charge in [-0.05, 0) is 118 Å². The van der Waals surface area contributed by atoms with E-state index in [9.17, 15) is 5.26 Å². The van der Waals surface area contributed by atoms with Crippen LogP contribution in [0, 0.1) is 23.2 Å². The van der Waals surface area contributed by atoms with Crippen LogP contribution in [-0.4, -0.2) is 9.97 Å². The first-order valence-corrected chi connectivity index (χ1v) is 20.8. The zero-order valence-corrected chi connectivity index (χ0v) is 32.5. The van der Waals surface area contributed by atoms with E-state index in [1.165, 1.54) is 66.3 Å². The Kier molecular flexibility index (Phi) is 8.23. The van der Waals surface area contributed by atoms with Gasteiger partial charge in [0.1, 0.15) is 0 Å². The van der Waals surface area contributed by atoms with Crippen LogP contribution in [0.4, 0.5) is 0 Å². The van der Waals surface area contributed by atoms with Gasteiger partial charge in [0.2, 0.25) is 0 Å². The molecule has 0 radical (unpaired) electrons. The van der Waals surface area contributed by atoms with Crippen molar-refractivity contribution in [3.8, 4) is 62.2 Å². The van der Waals surface area contributed by atoms with Crippen molar-refractivity contribution in [3.05, 3.63) is 193 Å². The first kappa shape index (κ1) is 34.6. The van der Waals surface area contributed by atoms with Gasteiger partial charge >= 0.3 is 0 Å². The number of hydrogen-bond donors (Lipinski definition) is 0. The average molecular weight is 746 g/mol. The average Bonchev–Trinajstić information content (AvgIpc) is 3.29. The van der Waals surface area contributed by atoms with Crippen molar-refractivity contribution < 1.29 is 0 Å². The van der Waals surface area contributed by atoms with Gasteiger partial charge in [-0.15, -0.1) is 0 Å². The molecular weight excluding hydrogens is 703 g/mol. The van der Waals surface area contributed by atoms with E-state index in [1.807, 2.05) is 12.1 Å². The molecule has 7 aromatic carbocycles. The summed E-state index contributed by atoms with van der Waals surface area (Å²) in [5.74, 6) is 2.25. The van der Waals surface area contributed by atoms with Gasteiger partial charge in [0.05, 0.1) is 23.0 Å². The lowest BCUT2D eigenvalue weighted by molar-refractivity contribution is -0.0281. The molecule has 2 unspecified atom stereocenters. The van der Waals surface area contributed by atoms with Crippen LogP contribution in [0.25, 0.3) is 66.9 Å². The molecule has 12 rings (SSSR count). The Hall–Kier alpha value is -6.63. The van der Waals surface area contributed by atoms with Crippen LogP contribution in [0.5, 0.6) is 0 Å². The summed E-state index contributed by atoms with van der Waals surface area (Å²) < 4.78 is 0. The third-order valence-corrected chi connectivity index (χ3v) is 13.7. The second-order valence-electron chi connectivity index (χ2n) is 17.3. The van der Waals surface area contributed by atoms with E-state index in [0.29, 0.717) is 0 Å². The fraction of sp³-hybridized carbons (Fsp3) is 0.182. The maximum Gasteiger partial charge on any atom is 0.160 e. The molecule has 3 nitrogen and oxygen atoms in total. The van der Waals surface area contributed by atoms with Crippen LogP contribution in [0.15, 0.2) is 176 Å². The number of aromatic nitrogens is 2. The zero-order valence-electron chi connectivity index (χ0n) is 32.5. The number of nitrogens with zero attached hydrogens (tertiary/aromatic N) is 3. The van der Waals surface area contributed by atoms with Crippen molar-refractivity contribution in [2.24, 2.45) is 11.8 Å². The normalized spacial score (nSPS) is 21.8. The molecule has 3 heteroatoms. The molecule has 1 aromatic heterocycles. The number of rotatable bonds is 7. The van der Waals surface area contributed by atoms with Crippen molar-refractivity contribution in [3.63, 3.8) is 0 Å². The standard InChI is InChI=1S/C55H43N3/c56-35-45-22-27-49(50-17-8-7-16-48(45)50)40-18-23-46(24-19-40)54-31-37-28-38(32-54)34-55(33-37,36-54)47-25-20-42(21-26-47)52-30-51(41-12-5-2-6-13-41)57-53(58-52)44-15-9-14-43(29-44)39-10-3-1-4-11-39/h1-27,29-30,37-38H,28,31-34,36H2. The Morgan fingerprint density at radius 2 is 0.966 bits per heavy atom. The lowest BCUT2D eigenvalue weighted by Gasteiger charge is -2.63. The molecule has 1 heterocycles. The Morgan fingerprint density at radius 3 is 1.59 bits per heavy atom. The van der Waals surface area contributed by atoms with Crippen LogP contribution in [0.2, 0.25) is 0 Å². The lowest BCUT2D eigenvalue weighted by atomic mass is 9.41. The van der Waals surface area contributed by atoms with Gasteiger partial charge in [-0.1, -0.05) is 158 Å². The van der Waals surface area contributed by atoms with Crippen LogP contribution >= 0.6 is 0 Å². The smallest absolute Gasteiger partial charge is 0.160 e. The molecule has 0 spiro atoms. The summed E-state index contributed by atoms with van der Waals surface area (Å²) in [5.41, 5.74) is 13.9. The summed E-state index contributed by atoms with van der Waals surface area (Å²) in [6.45, 7) is 0. The minimum atomic E-state index is 0.189. The number of fused-ring (bicyclic) bond motifs is 1. The summed E-state index contributed by atoms with van der Waals surface area (Å²) in [6, 6.07) is 65.5. The van der Waals surface area contributed by atoms with Crippen molar-refractivity contribution in [2.45, 2.75) is 49.4 Å². The topological polar surface area (TPSA) is 49.6 Å². The third-order valence-electron chi connectivity index (χ3n) is 13.7. The van der Waals surface area contributed by atoms with E-state index >= 15 is 0 Å². The summed E-state index contributed by atoms with van der Waals surface area (Å²) in [5, 5.41) is 11.9. The van der Waals surface area contributed by atoms with Crippen molar-refractivity contribution >= 4 is 10.8 Å². The number of nitriles is 1. The molecule has 0 aliphatic heterocycles. The van der Waals surface area contributed by atoms with E-state index in [0.717, 1.165) is 67.6 Å². The highest BCUT2D eigenvalue weighted by molar-refractivity contribution is 5.99. The van der Waals surface area contributed by atoms with Crippen molar-refractivity contribution in [1.29, 1.82) is 5.26 Å². The summed E-state index contributed by atoms with van der Waals surface area (Å²) in [7, 11) is 0. The molecule has 0 N–H and O–H groups in total. The van der Waals surface area contributed by atoms with Gasteiger partial charge in [-0.25, -0.2) is 9.97 Å². The molecule has 4 bridgehead atoms. The molecule has 8 aromatic rings. The molecule has 4 fully saturated rings. The predicted octanol–water partition coefficient (Wildman–Crippen LogP) is 13.6. The number of hydrogen-bond acceptors (Lipinski definition) is 3. The Bertz CT molecular complexity index is 2840. The molecule has 4 aliphatic rings. The minimum Gasteiger partial charge on any atom is -0.228 e. The molecule has 278 valence electrons. The molecule has 2 atom stereocenters. The predicted molar refractivity (Wildman–Crippen MR) is 236 cm³/mol. The summed E-state index contributed by atoms with van der Waals surface area (Å²) in [4.78, 5) is 10.4. The minimum absolute atomic E-state index is 0.189. The van der Waals surface area contributed by atoms with E-state index in [1.54, 1.807) is 0 Å². The van der Waals surface area contributed by atoms with Crippen LogP contribution < -0.4 is 0 Å². The highest BCUT2D eigenvalue weighted by Gasteiger charge is 2.58. The van der Waals surface area contributed by atoms with Crippen molar-refractivity contribution in [1.82, 2.24) is 9.97 Å². The van der Waals surface area contributed by atoms with Gasteiger partial charge < -0.3 is 0 Å². The number of benzene rings is 7. The molecule has 4 aliphatic carbocycles. The highest BCUT2D eigenvalue weighted by Crippen LogP contribution is 2.66. The second kappa shape index (κ2) is 13.8. The lowest BCUT2D eigenvalue weighted by Crippen LogP contribution is -2.55. The monoisotopic (exact) mass is 745 g/mol. The zero-order chi connectivity index (χ0) is 38.7. The quantitative estimate of drug-likeness (QED) is 0.163. The van der Waals surface area contributed by atoms with E-state index in [-0.39, 0.29) is 10.8 Å². The fourth-order valence-electron chi connectivity index (χ4n) is 11.5. The van der Waals surface area contributed by atoms with Crippen LogP contribution in [0.1, 0.15) is 55.2 Å². The summed E-state index contributed by atoms with van der Waals surface area (Å²) >= 11 is 0. The van der Waals surface area contributed by atoms with Gasteiger partial charge in [-0.3, -0.25) is 0 Å². The SMILES string of the molecule is N#Cc1ccc(-c2ccc(C34CC5CC(CC(c6ccc(-c7cc(-c8ccccc8)nc(-c8cccc(-c9ccccc9)c8)n7)cc6)(C5)C3)C4)cc2)c2ccccc12. The molecule has 4 saturated carbocycles. The van der Waals surface area contributed by atoms with E-state index < -0.39 is 0 Å². The van der Waals surface area contributed by atoms with Gasteiger partial charge in [-0.2, -0.15) is 5.26 Å². The fourth-order valence-corrected chi connectivity index (χ4v) is 11.5. The Morgan fingerprint density at radius 1 is 0.448 bits per heavy atom. The molecule has 58 heavy (non-hydrogen) atoms. The van der Waals surface area contributed by atoms with Gasteiger partial charge in [0.25, 0.3) is 0 Å². The Balaban J connectivity index is 0.922. The molecule has 0 amide bonds. The van der Waals surface area contributed by atoms with Gasteiger partial charge in [0.15, 0.2) is 5.82 Å². The van der Waals surface area contributed by atoms with E-state index in [2.05, 4.69) is 170 Å². The maximum absolute atomic E-state index is 9.74. The van der Waals surface area contributed by atoms with Crippen LogP contribution in [0.3, 0.4) is 0 Å². The third kappa shape index (κ3) is 5.95. The van der Waals surface area contributed by atoms with E-state index in [4.69, 9.17) is 9.97 Å². The first-order chi connectivity index (χ1) is 28.5. The Labute approximate surface area is 340 Å². The highest BCUT2D eigenvalue weighted by atomic mass is 14.9. The molecule has 0 saturated heterocycles. The summed E-state index contributed by atoms with van der Waals surface area (Å²) in [6.07, 6.45) is 7.73. The van der Waals surface area contributed by atoms with Crippen LogP contribution in [-0.2, 0) is 10.8 Å². The molecular formula is C55H43N3. The van der Waals surface area contributed by atoms with Crippen molar-refractivity contribution in [2.75, 3.05) is 0 Å².